The highest BCUT2D eigenvalue weighted by atomic mass is 16.6. The summed E-state index contributed by atoms with van der Waals surface area (Å²) in [5.41, 5.74) is 4.10. The zero-order chi connectivity index (χ0) is 38.1. The van der Waals surface area contributed by atoms with E-state index in [4.69, 9.17) is 4.74 Å². The van der Waals surface area contributed by atoms with E-state index in [0.717, 1.165) is 22.3 Å². The van der Waals surface area contributed by atoms with Crippen molar-refractivity contribution in [1.82, 2.24) is 25.3 Å². The van der Waals surface area contributed by atoms with Gasteiger partial charge in [-0.1, -0.05) is 55.7 Å². The number of benzene rings is 2. The molecule has 1 saturated heterocycles. The first-order valence-electron chi connectivity index (χ1n) is 18.1. The molecule has 290 valence electrons. The number of aryl methyl sites for hydroxylation is 2. The second-order valence-electron chi connectivity index (χ2n) is 14.5. The smallest absolute Gasteiger partial charge is 0.410 e. The number of hydrogen-bond donors (Lipinski definition) is 8. The first-order chi connectivity index (χ1) is 24.2. The van der Waals surface area contributed by atoms with Crippen LogP contribution in [0.1, 0.15) is 74.4 Å². The Morgan fingerprint density at radius 1 is 0.686 bits per heavy atom. The monoisotopic (exact) mass is 719 g/mol. The third-order valence-electron chi connectivity index (χ3n) is 8.41. The maximum Gasteiger partial charge on any atom is 0.410 e. The number of carbonyl (C=O) groups excluding carboxylic acids is 1. The lowest BCUT2D eigenvalue weighted by Gasteiger charge is -2.29. The Bertz CT molecular complexity index is 1240. The van der Waals surface area contributed by atoms with E-state index < -0.39 is 23.8 Å². The van der Waals surface area contributed by atoms with Crippen LogP contribution in [0.15, 0.2) is 24.3 Å². The Labute approximate surface area is 304 Å². The maximum atomic E-state index is 13.3. The molecule has 1 aliphatic rings. The summed E-state index contributed by atoms with van der Waals surface area (Å²) in [5.74, 6) is 0.304. The second-order valence-corrected chi connectivity index (χ2v) is 14.5. The molecule has 2 aromatic rings. The number of phenols is 2. The van der Waals surface area contributed by atoms with Gasteiger partial charge in [-0.25, -0.2) is 4.79 Å². The van der Waals surface area contributed by atoms with E-state index in [1.54, 1.807) is 4.90 Å². The minimum absolute atomic E-state index is 0.152. The number of amides is 1. The quantitative estimate of drug-likeness (QED) is 0.143. The summed E-state index contributed by atoms with van der Waals surface area (Å²) < 4.78 is 5.74. The van der Waals surface area contributed by atoms with Crippen molar-refractivity contribution in [3.63, 3.8) is 0 Å². The number of nitrogens with zero attached hydrogens (tertiary/aromatic N) is 3. The SMILES string of the molecule is CCC.Cc1cc(CNC(CO)CO)c(O)c(CN2CCN(Cc3cc(C)cc(CNC(CO)CO)c3O)CCN(C(=O)OC(C)(C)C)CC2)c1. The normalized spacial score (nSPS) is 15.0. The lowest BCUT2D eigenvalue weighted by Crippen LogP contribution is -2.42. The van der Waals surface area contributed by atoms with Gasteiger partial charge in [0, 0.05) is 87.7 Å². The van der Waals surface area contributed by atoms with Crippen LogP contribution in [0.25, 0.3) is 0 Å². The van der Waals surface area contributed by atoms with Gasteiger partial charge in [0.1, 0.15) is 17.1 Å². The number of aliphatic hydroxyl groups is 4. The van der Waals surface area contributed by atoms with Gasteiger partial charge in [-0.2, -0.15) is 0 Å². The van der Waals surface area contributed by atoms with Crippen LogP contribution in [0.5, 0.6) is 11.5 Å². The molecule has 8 N–H and O–H groups in total. The highest BCUT2D eigenvalue weighted by molar-refractivity contribution is 5.68. The molecule has 0 unspecified atom stereocenters. The summed E-state index contributed by atoms with van der Waals surface area (Å²) in [5, 5.41) is 66.4. The molecule has 0 radical (unpaired) electrons. The van der Waals surface area contributed by atoms with Gasteiger partial charge in [-0.3, -0.25) is 9.80 Å². The van der Waals surface area contributed by atoms with Gasteiger partial charge < -0.3 is 50.9 Å². The van der Waals surface area contributed by atoms with Crippen LogP contribution in [0, 0.1) is 13.8 Å². The Morgan fingerprint density at radius 3 is 1.35 bits per heavy atom. The van der Waals surface area contributed by atoms with E-state index in [2.05, 4.69) is 34.3 Å². The molecular formula is C38H65N5O8. The topological polar surface area (TPSA) is 181 Å². The fraction of sp³-hybridized carbons (Fsp3) is 0.658. The van der Waals surface area contributed by atoms with Crippen LogP contribution in [0.4, 0.5) is 4.79 Å². The minimum atomic E-state index is -0.652. The minimum Gasteiger partial charge on any atom is -0.507 e. The Balaban J connectivity index is 0.00000290. The average molecular weight is 720 g/mol. The number of hydrogen-bond acceptors (Lipinski definition) is 12. The molecule has 0 bridgehead atoms. The van der Waals surface area contributed by atoms with E-state index in [1.165, 1.54) is 6.42 Å². The molecule has 1 heterocycles. The van der Waals surface area contributed by atoms with E-state index in [9.17, 15) is 35.4 Å². The molecule has 0 aliphatic carbocycles. The van der Waals surface area contributed by atoms with Crippen LogP contribution in [-0.4, -0.2) is 135 Å². The molecule has 51 heavy (non-hydrogen) atoms. The predicted octanol–water partition coefficient (Wildman–Crippen LogP) is 2.57. The van der Waals surface area contributed by atoms with Gasteiger partial charge in [0.05, 0.1) is 38.5 Å². The van der Waals surface area contributed by atoms with Gasteiger partial charge in [-0.15, -0.1) is 0 Å². The standard InChI is InChI=1S/C35H57N5O8.C3H8/c1-24-12-26(16-36-30(20-41)21-42)32(45)28(14-24)18-38-6-7-39(9-11-40(10-8-38)34(47)48-35(3,4)5)19-29-15-25(2)13-27(33(29)46)17-37-31(22-43)23-44;1-3-2/h12-15,30-31,36-37,41-46H,6-11,16-23H2,1-5H3;3H2,1-2H3. The number of aliphatic hydroxyl groups excluding tert-OH is 4. The first-order valence-corrected chi connectivity index (χ1v) is 18.1. The van der Waals surface area contributed by atoms with Crippen LogP contribution < -0.4 is 10.6 Å². The maximum absolute atomic E-state index is 13.3. The van der Waals surface area contributed by atoms with Crippen molar-refractivity contribution in [2.24, 2.45) is 0 Å². The highest BCUT2D eigenvalue weighted by Crippen LogP contribution is 2.28. The molecule has 13 nitrogen and oxygen atoms in total. The molecular weight excluding hydrogens is 654 g/mol. The molecule has 0 saturated carbocycles. The van der Waals surface area contributed by atoms with Crippen LogP contribution >= 0.6 is 0 Å². The van der Waals surface area contributed by atoms with Gasteiger partial charge in [-0.05, 0) is 34.6 Å². The molecule has 3 rings (SSSR count). The number of carbonyl (C=O) groups is 1. The third kappa shape index (κ3) is 15.2. The summed E-state index contributed by atoms with van der Waals surface area (Å²) >= 11 is 0. The summed E-state index contributed by atoms with van der Waals surface area (Å²) in [4.78, 5) is 19.4. The number of nitrogens with one attached hydrogen (secondary N) is 2. The molecule has 0 atom stereocenters. The van der Waals surface area contributed by atoms with E-state index in [0.29, 0.717) is 63.5 Å². The lowest BCUT2D eigenvalue weighted by molar-refractivity contribution is 0.0229. The van der Waals surface area contributed by atoms with Crippen molar-refractivity contribution in [3.05, 3.63) is 57.6 Å². The molecule has 1 aliphatic heterocycles. The molecule has 13 heteroatoms. The molecule has 1 amide bonds. The summed E-state index contributed by atoms with van der Waals surface area (Å²) in [6, 6.07) is 6.68. The van der Waals surface area contributed by atoms with Crippen molar-refractivity contribution in [1.29, 1.82) is 0 Å². The third-order valence-corrected chi connectivity index (χ3v) is 8.41. The Kier molecular flexibility index (Phi) is 19.2. The van der Waals surface area contributed by atoms with Crippen molar-refractivity contribution in [3.8, 4) is 11.5 Å². The average Bonchev–Trinajstić information content (AvgIpc) is 3.16. The largest absolute Gasteiger partial charge is 0.507 e. The Morgan fingerprint density at radius 2 is 1.02 bits per heavy atom. The summed E-state index contributed by atoms with van der Waals surface area (Å²) in [6.45, 7) is 17.5. The zero-order valence-corrected chi connectivity index (χ0v) is 31.9. The van der Waals surface area contributed by atoms with Gasteiger partial charge in [0.15, 0.2) is 0 Å². The molecule has 0 spiro atoms. The van der Waals surface area contributed by atoms with Crippen molar-refractivity contribution >= 4 is 6.09 Å². The van der Waals surface area contributed by atoms with Gasteiger partial charge >= 0.3 is 6.09 Å². The Hall–Kier alpha value is -3.01. The molecule has 2 aromatic carbocycles. The first kappa shape index (κ1) is 44.2. The highest BCUT2D eigenvalue weighted by Gasteiger charge is 2.26. The van der Waals surface area contributed by atoms with Crippen LogP contribution in [-0.2, 0) is 30.9 Å². The number of phenolic OH excluding ortho intramolecular Hbond substituents is 2. The van der Waals surface area contributed by atoms with Gasteiger partial charge in [0.2, 0.25) is 0 Å². The van der Waals surface area contributed by atoms with E-state index in [-0.39, 0.29) is 51.0 Å². The molecule has 0 aromatic heterocycles. The summed E-state index contributed by atoms with van der Waals surface area (Å²) in [7, 11) is 0. The van der Waals surface area contributed by atoms with Crippen molar-refractivity contribution in [2.45, 2.75) is 98.8 Å². The second kappa shape index (κ2) is 22.1. The predicted molar refractivity (Wildman–Crippen MR) is 200 cm³/mol. The van der Waals surface area contributed by atoms with Crippen LogP contribution in [0.3, 0.4) is 0 Å². The number of aromatic hydroxyl groups is 2. The summed E-state index contributed by atoms with van der Waals surface area (Å²) in [6.07, 6.45) is 0.854. The molecule has 1 fully saturated rings. The number of rotatable bonds is 14. The van der Waals surface area contributed by atoms with Crippen molar-refractivity contribution in [2.75, 3.05) is 65.7 Å². The lowest BCUT2D eigenvalue weighted by atomic mass is 10.0. The fourth-order valence-electron chi connectivity index (χ4n) is 5.71. The fourth-order valence-corrected chi connectivity index (χ4v) is 5.71. The van der Waals surface area contributed by atoms with Crippen molar-refractivity contribution < 1.29 is 40.2 Å². The van der Waals surface area contributed by atoms with E-state index >= 15 is 0 Å². The number of ether oxygens (including phenoxy) is 1. The zero-order valence-electron chi connectivity index (χ0n) is 31.9. The van der Waals surface area contributed by atoms with Gasteiger partial charge in [0.25, 0.3) is 0 Å². The van der Waals surface area contributed by atoms with E-state index in [1.807, 2.05) is 58.9 Å². The van der Waals surface area contributed by atoms with Crippen LogP contribution in [0.2, 0.25) is 0 Å².